The number of rotatable bonds is 6. The maximum Gasteiger partial charge on any atom is 0.269 e. The van der Waals surface area contributed by atoms with E-state index in [1.165, 1.54) is 0 Å². The molecule has 8 heteroatoms. The maximum absolute atomic E-state index is 11.8. The van der Waals surface area contributed by atoms with Gasteiger partial charge in [-0.25, -0.2) is 0 Å². The first-order chi connectivity index (χ1) is 11.1. The van der Waals surface area contributed by atoms with E-state index in [-0.39, 0.29) is 18.5 Å². The van der Waals surface area contributed by atoms with Crippen molar-refractivity contribution in [2.45, 2.75) is 20.4 Å². The molecular formula is C15H18N6O2. The molecule has 2 heterocycles. The Bertz CT molecular complexity index is 794. The molecule has 3 rings (SSSR count). The highest BCUT2D eigenvalue weighted by atomic mass is 16.5. The Hall–Kier alpha value is -2.90. The first-order valence-electron chi connectivity index (χ1n) is 7.37. The first-order valence-corrected chi connectivity index (χ1v) is 7.37. The molecular weight excluding hydrogens is 296 g/mol. The lowest BCUT2D eigenvalue weighted by Crippen LogP contribution is -2.21. The Kier molecular flexibility index (Phi) is 4.22. The summed E-state index contributed by atoms with van der Waals surface area (Å²) in [7, 11) is 0. The van der Waals surface area contributed by atoms with Crippen LogP contribution in [-0.4, -0.2) is 37.7 Å². The molecule has 0 aliphatic carbocycles. The molecule has 23 heavy (non-hydrogen) atoms. The minimum absolute atomic E-state index is 0.122. The number of ether oxygens (including phenoxy) is 1. The van der Waals surface area contributed by atoms with Gasteiger partial charge < -0.3 is 9.30 Å². The number of nitrogens with one attached hydrogen (secondary N) is 2. The molecule has 120 valence electrons. The van der Waals surface area contributed by atoms with Gasteiger partial charge in [-0.15, -0.1) is 5.10 Å². The molecule has 1 amide bonds. The first kappa shape index (κ1) is 15.0. The molecule has 0 aliphatic rings. The summed E-state index contributed by atoms with van der Waals surface area (Å²) >= 11 is 0. The summed E-state index contributed by atoms with van der Waals surface area (Å²) in [6.07, 6.45) is 2.04. The Morgan fingerprint density at radius 1 is 1.39 bits per heavy atom. The third-order valence-corrected chi connectivity index (χ3v) is 3.29. The Balaban J connectivity index is 1.70. The second-order valence-corrected chi connectivity index (χ2v) is 5.62. The summed E-state index contributed by atoms with van der Waals surface area (Å²) in [4.78, 5) is 11.8. The topological polar surface area (TPSA) is 97.7 Å². The molecule has 0 atom stereocenters. The number of hydrogen-bond acceptors (Lipinski definition) is 5. The monoisotopic (exact) mass is 314 g/mol. The number of carbonyl (C=O) groups excluding carboxylic acids is 1. The van der Waals surface area contributed by atoms with Gasteiger partial charge in [0.05, 0.1) is 5.52 Å². The summed E-state index contributed by atoms with van der Waals surface area (Å²) in [6, 6.07) is 7.82. The van der Waals surface area contributed by atoms with Gasteiger partial charge in [0.1, 0.15) is 5.75 Å². The summed E-state index contributed by atoms with van der Waals surface area (Å²) in [6.45, 7) is 5.16. The van der Waals surface area contributed by atoms with Gasteiger partial charge in [0.25, 0.3) is 11.9 Å². The predicted octanol–water partition coefficient (Wildman–Crippen LogP) is 1.83. The van der Waals surface area contributed by atoms with Gasteiger partial charge in [-0.1, -0.05) is 25.0 Å². The number of fused-ring (bicyclic) bond motifs is 1. The average Bonchev–Trinajstić information content (AvgIpc) is 3.15. The quantitative estimate of drug-likeness (QED) is 0.723. The number of aromatic nitrogens is 5. The molecule has 0 saturated carbocycles. The van der Waals surface area contributed by atoms with Crippen molar-refractivity contribution >= 4 is 22.8 Å². The smallest absolute Gasteiger partial charge is 0.269 e. The zero-order chi connectivity index (χ0) is 16.2. The molecule has 8 nitrogen and oxygen atoms in total. The van der Waals surface area contributed by atoms with E-state index in [2.05, 4.69) is 44.4 Å². The van der Waals surface area contributed by atoms with Gasteiger partial charge in [0.2, 0.25) is 0 Å². The van der Waals surface area contributed by atoms with Crippen molar-refractivity contribution in [3.8, 4) is 5.75 Å². The molecule has 2 N–H and O–H groups in total. The van der Waals surface area contributed by atoms with Crippen LogP contribution in [-0.2, 0) is 11.3 Å². The molecule has 0 radical (unpaired) electrons. The summed E-state index contributed by atoms with van der Waals surface area (Å²) in [5.41, 5.74) is 1.09. The van der Waals surface area contributed by atoms with Crippen LogP contribution in [0.5, 0.6) is 5.75 Å². The number of carbonyl (C=O) groups is 1. The molecule has 0 bridgehead atoms. The second-order valence-electron chi connectivity index (χ2n) is 5.62. The minimum Gasteiger partial charge on any atom is -0.483 e. The molecule has 0 saturated heterocycles. The van der Waals surface area contributed by atoms with Crippen LogP contribution in [0.2, 0.25) is 0 Å². The van der Waals surface area contributed by atoms with Crippen LogP contribution in [0.4, 0.5) is 5.95 Å². The highest BCUT2D eigenvalue weighted by Crippen LogP contribution is 2.27. The Morgan fingerprint density at radius 3 is 3.00 bits per heavy atom. The zero-order valence-corrected chi connectivity index (χ0v) is 13.0. The number of H-pyrrole nitrogens is 1. The van der Waals surface area contributed by atoms with Crippen molar-refractivity contribution in [3.63, 3.8) is 0 Å². The van der Waals surface area contributed by atoms with Crippen LogP contribution < -0.4 is 10.1 Å². The predicted molar refractivity (Wildman–Crippen MR) is 85.1 cm³/mol. The van der Waals surface area contributed by atoms with Crippen LogP contribution in [0, 0.1) is 5.92 Å². The van der Waals surface area contributed by atoms with E-state index in [4.69, 9.17) is 4.74 Å². The number of amides is 1. The highest BCUT2D eigenvalue weighted by molar-refractivity contribution is 5.91. The third kappa shape index (κ3) is 3.47. The van der Waals surface area contributed by atoms with Gasteiger partial charge in [-0.3, -0.25) is 10.1 Å². The van der Waals surface area contributed by atoms with E-state index in [1.54, 1.807) is 0 Å². The lowest BCUT2D eigenvalue weighted by atomic mass is 10.2. The van der Waals surface area contributed by atoms with Crippen molar-refractivity contribution in [1.82, 2.24) is 25.2 Å². The van der Waals surface area contributed by atoms with Gasteiger partial charge >= 0.3 is 0 Å². The summed E-state index contributed by atoms with van der Waals surface area (Å²) in [5, 5.41) is 16.4. The van der Waals surface area contributed by atoms with Crippen LogP contribution in [0.25, 0.3) is 10.9 Å². The normalized spacial score (nSPS) is 11.1. The standard InChI is InChI=1S/C15H18N6O2/c1-10(2)8-21-7-6-11-12(21)4-3-5-13(11)23-9-14(22)16-15-17-19-20-18-15/h3-7,10H,8-9H2,1-2H3,(H2,16,17,18,19,20,22). The fourth-order valence-electron chi connectivity index (χ4n) is 2.39. The molecule has 2 aromatic heterocycles. The van der Waals surface area contributed by atoms with Crippen LogP contribution in [0.15, 0.2) is 30.5 Å². The lowest BCUT2D eigenvalue weighted by Gasteiger charge is -2.10. The molecule has 0 spiro atoms. The van der Waals surface area contributed by atoms with E-state index in [9.17, 15) is 4.79 Å². The number of hydrogen-bond donors (Lipinski definition) is 2. The molecule has 1 aromatic carbocycles. The molecule has 0 fully saturated rings. The molecule has 0 aliphatic heterocycles. The summed E-state index contributed by atoms with van der Waals surface area (Å²) < 4.78 is 7.82. The van der Waals surface area contributed by atoms with E-state index >= 15 is 0 Å². The van der Waals surface area contributed by atoms with Crippen molar-refractivity contribution in [2.75, 3.05) is 11.9 Å². The number of nitrogens with zero attached hydrogens (tertiary/aromatic N) is 4. The van der Waals surface area contributed by atoms with Crippen molar-refractivity contribution in [3.05, 3.63) is 30.5 Å². The summed E-state index contributed by atoms with van der Waals surface area (Å²) in [5.74, 6) is 1.01. The van der Waals surface area contributed by atoms with Crippen molar-refractivity contribution < 1.29 is 9.53 Å². The largest absolute Gasteiger partial charge is 0.483 e. The third-order valence-electron chi connectivity index (χ3n) is 3.29. The van der Waals surface area contributed by atoms with Gasteiger partial charge in [0, 0.05) is 18.1 Å². The SMILES string of the molecule is CC(C)Cn1ccc2c(OCC(=O)Nc3nn[nH]n3)cccc21. The minimum atomic E-state index is -0.343. The van der Waals surface area contributed by atoms with Crippen LogP contribution in [0.1, 0.15) is 13.8 Å². The average molecular weight is 314 g/mol. The zero-order valence-electron chi connectivity index (χ0n) is 13.0. The second kappa shape index (κ2) is 6.47. The lowest BCUT2D eigenvalue weighted by molar-refractivity contribution is -0.118. The van der Waals surface area contributed by atoms with Gasteiger partial charge in [-0.05, 0) is 29.3 Å². The molecule has 0 unspecified atom stereocenters. The van der Waals surface area contributed by atoms with Crippen molar-refractivity contribution in [1.29, 1.82) is 0 Å². The van der Waals surface area contributed by atoms with Crippen molar-refractivity contribution in [2.24, 2.45) is 5.92 Å². The van der Waals surface area contributed by atoms with E-state index in [1.807, 2.05) is 30.5 Å². The number of tetrazole rings is 1. The maximum atomic E-state index is 11.8. The van der Waals surface area contributed by atoms with Crippen LogP contribution >= 0.6 is 0 Å². The van der Waals surface area contributed by atoms with Gasteiger partial charge in [0.15, 0.2) is 6.61 Å². The van der Waals surface area contributed by atoms with Gasteiger partial charge in [-0.2, -0.15) is 5.21 Å². The Labute approximate surface area is 132 Å². The highest BCUT2D eigenvalue weighted by Gasteiger charge is 2.10. The van der Waals surface area contributed by atoms with E-state index in [0.29, 0.717) is 11.7 Å². The van der Waals surface area contributed by atoms with E-state index in [0.717, 1.165) is 17.4 Å². The molecule has 3 aromatic rings. The van der Waals surface area contributed by atoms with Crippen LogP contribution in [0.3, 0.4) is 0 Å². The fourth-order valence-corrected chi connectivity index (χ4v) is 2.39. The van der Waals surface area contributed by atoms with E-state index < -0.39 is 0 Å². The number of anilines is 1. The Morgan fingerprint density at radius 2 is 2.26 bits per heavy atom. The fraction of sp³-hybridized carbons (Fsp3) is 0.333. The number of aromatic amines is 1. The number of benzene rings is 1.